The number of thiophene rings is 1. The second-order valence-corrected chi connectivity index (χ2v) is 5.16. The van der Waals surface area contributed by atoms with Crippen LogP contribution in [0.15, 0.2) is 0 Å². The summed E-state index contributed by atoms with van der Waals surface area (Å²) in [6.45, 7) is 10.2. The molecule has 1 heterocycles. The van der Waals surface area contributed by atoms with E-state index in [4.69, 9.17) is 0 Å². The van der Waals surface area contributed by atoms with Gasteiger partial charge in [0.15, 0.2) is 0 Å². The van der Waals surface area contributed by atoms with Gasteiger partial charge in [-0.3, -0.25) is 0 Å². The summed E-state index contributed by atoms with van der Waals surface area (Å²) in [7, 11) is 0. The van der Waals surface area contributed by atoms with Crippen molar-refractivity contribution >= 4 is 11.3 Å². The minimum Gasteiger partial charge on any atom is -0.205 e. The van der Waals surface area contributed by atoms with E-state index in [9.17, 15) is 4.39 Å². The fourth-order valence-electron chi connectivity index (χ4n) is 1.45. The highest BCUT2D eigenvalue weighted by atomic mass is 32.1. The van der Waals surface area contributed by atoms with E-state index in [-0.39, 0.29) is 5.82 Å². The molecule has 0 N–H and O–H groups in total. The molecule has 0 aliphatic rings. The Labute approximate surface area is 83.8 Å². The molecule has 0 aliphatic heterocycles. The van der Waals surface area contributed by atoms with E-state index >= 15 is 0 Å². The Kier molecular flexibility index (Phi) is 3.12. The minimum absolute atomic E-state index is 0.0173. The molecule has 0 spiro atoms. The highest BCUT2D eigenvalue weighted by Gasteiger charge is 2.18. The Morgan fingerprint density at radius 1 is 1.00 bits per heavy atom. The molecule has 74 valence electrons. The first-order valence-corrected chi connectivity index (χ1v) is 5.55. The average Bonchev–Trinajstić information content (AvgIpc) is 2.29. The lowest BCUT2D eigenvalue weighted by Gasteiger charge is -2.01. The molecule has 1 aromatic rings. The van der Waals surface area contributed by atoms with E-state index in [1.54, 1.807) is 11.3 Å². The molecule has 0 radical (unpaired) electrons. The zero-order valence-corrected chi connectivity index (χ0v) is 9.76. The lowest BCUT2D eigenvalue weighted by atomic mass is 10.1. The molecule has 0 saturated heterocycles. The first kappa shape index (κ1) is 10.7. The van der Waals surface area contributed by atoms with Crippen LogP contribution in [0.2, 0.25) is 0 Å². The van der Waals surface area contributed by atoms with Crippen LogP contribution in [0.1, 0.15) is 54.8 Å². The van der Waals surface area contributed by atoms with E-state index < -0.39 is 0 Å². The molecular formula is C11H17FS. The number of rotatable bonds is 2. The lowest BCUT2D eigenvalue weighted by Crippen LogP contribution is -1.88. The van der Waals surface area contributed by atoms with E-state index in [2.05, 4.69) is 13.8 Å². The number of hydrogen-bond acceptors (Lipinski definition) is 1. The van der Waals surface area contributed by atoms with Crippen LogP contribution in [0.25, 0.3) is 0 Å². The highest BCUT2D eigenvalue weighted by molar-refractivity contribution is 7.12. The van der Waals surface area contributed by atoms with Crippen molar-refractivity contribution < 1.29 is 4.39 Å². The molecule has 2 heteroatoms. The number of halogens is 1. The van der Waals surface area contributed by atoms with Crippen molar-refractivity contribution in [1.82, 2.24) is 0 Å². The van der Waals surface area contributed by atoms with Crippen molar-refractivity contribution in [3.05, 3.63) is 21.1 Å². The molecule has 0 nitrogen and oxygen atoms in total. The molecule has 1 rings (SSSR count). The van der Waals surface area contributed by atoms with Crippen LogP contribution in [0.5, 0.6) is 0 Å². The zero-order chi connectivity index (χ0) is 10.2. The molecule has 0 atom stereocenters. The summed E-state index contributed by atoms with van der Waals surface area (Å²) in [4.78, 5) is 2.10. The molecule has 1 aromatic heterocycles. The summed E-state index contributed by atoms with van der Waals surface area (Å²) in [5.41, 5.74) is 0.851. The SMILES string of the molecule is Cc1c(C(C)C)sc(C(C)C)c1F. The molecule has 0 aromatic carbocycles. The van der Waals surface area contributed by atoms with Crippen LogP contribution in [0.3, 0.4) is 0 Å². The summed E-state index contributed by atoms with van der Waals surface area (Å²) in [5, 5.41) is 0. The van der Waals surface area contributed by atoms with Crippen molar-refractivity contribution in [2.75, 3.05) is 0 Å². The van der Waals surface area contributed by atoms with Gasteiger partial charge in [-0.25, -0.2) is 4.39 Å². The summed E-state index contributed by atoms with van der Waals surface area (Å²) in [5.74, 6) is 0.756. The Bertz CT molecular complexity index is 269. The van der Waals surface area contributed by atoms with Gasteiger partial charge in [0.25, 0.3) is 0 Å². The lowest BCUT2D eigenvalue weighted by molar-refractivity contribution is 0.598. The summed E-state index contributed by atoms with van der Waals surface area (Å²) in [6, 6.07) is 0. The van der Waals surface area contributed by atoms with Crippen molar-refractivity contribution in [1.29, 1.82) is 0 Å². The Hall–Kier alpha value is -0.370. The summed E-state index contributed by atoms with van der Waals surface area (Å²) >= 11 is 1.63. The van der Waals surface area contributed by atoms with Crippen molar-refractivity contribution in [2.24, 2.45) is 0 Å². The topological polar surface area (TPSA) is 0 Å². The summed E-state index contributed by atoms with van der Waals surface area (Å²) < 4.78 is 13.6. The van der Waals surface area contributed by atoms with E-state index in [1.807, 2.05) is 20.8 Å². The van der Waals surface area contributed by atoms with E-state index in [0.29, 0.717) is 11.8 Å². The van der Waals surface area contributed by atoms with Gasteiger partial charge >= 0.3 is 0 Å². The molecule has 0 unspecified atom stereocenters. The van der Waals surface area contributed by atoms with Crippen LogP contribution in [0, 0.1) is 12.7 Å². The molecule has 0 amide bonds. The first-order chi connectivity index (χ1) is 5.95. The van der Waals surface area contributed by atoms with E-state index in [0.717, 1.165) is 10.4 Å². The second-order valence-electron chi connectivity index (χ2n) is 4.08. The predicted molar refractivity (Wildman–Crippen MR) is 57.2 cm³/mol. The van der Waals surface area contributed by atoms with Crippen LogP contribution in [0.4, 0.5) is 4.39 Å². The molecule has 0 aliphatic carbocycles. The van der Waals surface area contributed by atoms with Crippen LogP contribution < -0.4 is 0 Å². The number of hydrogen-bond donors (Lipinski definition) is 0. The fraction of sp³-hybridized carbons (Fsp3) is 0.636. The third-order valence-corrected chi connectivity index (χ3v) is 4.05. The second kappa shape index (κ2) is 3.79. The maximum Gasteiger partial charge on any atom is 0.140 e. The van der Waals surface area contributed by atoms with Gasteiger partial charge in [-0.05, 0) is 24.3 Å². The van der Waals surface area contributed by atoms with Crippen molar-refractivity contribution in [2.45, 2.75) is 46.5 Å². The minimum atomic E-state index is 0.0173. The summed E-state index contributed by atoms with van der Waals surface area (Å²) in [6.07, 6.45) is 0. The van der Waals surface area contributed by atoms with Gasteiger partial charge < -0.3 is 0 Å². The monoisotopic (exact) mass is 200 g/mol. The Balaban J connectivity index is 3.20. The van der Waals surface area contributed by atoms with Gasteiger partial charge in [-0.15, -0.1) is 11.3 Å². The Morgan fingerprint density at radius 3 is 1.69 bits per heavy atom. The highest BCUT2D eigenvalue weighted by Crippen LogP contribution is 2.35. The third kappa shape index (κ3) is 1.93. The molecule has 13 heavy (non-hydrogen) atoms. The average molecular weight is 200 g/mol. The fourth-order valence-corrected chi connectivity index (χ4v) is 2.65. The van der Waals surface area contributed by atoms with Gasteiger partial charge in [0, 0.05) is 9.75 Å². The van der Waals surface area contributed by atoms with Crippen molar-refractivity contribution in [3.63, 3.8) is 0 Å². The van der Waals surface area contributed by atoms with Crippen LogP contribution >= 0.6 is 11.3 Å². The van der Waals surface area contributed by atoms with Gasteiger partial charge in [0.05, 0.1) is 0 Å². The van der Waals surface area contributed by atoms with Crippen LogP contribution in [-0.2, 0) is 0 Å². The third-order valence-electron chi connectivity index (χ3n) is 2.18. The zero-order valence-electron chi connectivity index (χ0n) is 8.94. The van der Waals surface area contributed by atoms with Gasteiger partial charge in [0.1, 0.15) is 5.82 Å². The maximum atomic E-state index is 13.6. The first-order valence-electron chi connectivity index (χ1n) is 4.73. The molecule has 0 fully saturated rings. The van der Waals surface area contributed by atoms with Gasteiger partial charge in [-0.1, -0.05) is 27.7 Å². The quantitative estimate of drug-likeness (QED) is 0.662. The van der Waals surface area contributed by atoms with Gasteiger partial charge in [0.2, 0.25) is 0 Å². The standard InChI is InChI=1S/C11H17FS/c1-6(2)10-8(5)9(12)11(13-10)7(3)4/h6-7H,1-5H3. The molecule has 0 bridgehead atoms. The molecular weight excluding hydrogens is 183 g/mol. The maximum absolute atomic E-state index is 13.6. The van der Waals surface area contributed by atoms with E-state index in [1.165, 1.54) is 4.88 Å². The Morgan fingerprint density at radius 2 is 1.46 bits per heavy atom. The predicted octanol–water partition coefficient (Wildman–Crippen LogP) is 4.44. The molecule has 0 saturated carbocycles. The normalized spacial score (nSPS) is 11.7. The van der Waals surface area contributed by atoms with Crippen molar-refractivity contribution in [3.8, 4) is 0 Å². The smallest absolute Gasteiger partial charge is 0.140 e. The largest absolute Gasteiger partial charge is 0.205 e. The van der Waals surface area contributed by atoms with Crippen LogP contribution in [-0.4, -0.2) is 0 Å². The van der Waals surface area contributed by atoms with Gasteiger partial charge in [-0.2, -0.15) is 0 Å².